The number of piperazine rings is 1. The van der Waals surface area contributed by atoms with Crippen LogP contribution in [0.5, 0.6) is 0 Å². The maximum absolute atomic E-state index is 14.6. The Morgan fingerprint density at radius 2 is 2.03 bits per heavy atom. The van der Waals surface area contributed by atoms with Gasteiger partial charge in [0, 0.05) is 50.5 Å². The predicted octanol–water partition coefficient (Wildman–Crippen LogP) is 1.98. The van der Waals surface area contributed by atoms with E-state index in [1.807, 2.05) is 18.7 Å². The van der Waals surface area contributed by atoms with Gasteiger partial charge in [0.1, 0.15) is 11.5 Å². The molecular weight excluding hydrogens is 411 g/mol. The lowest BCUT2D eigenvalue weighted by Gasteiger charge is -2.38. The second kappa shape index (κ2) is 9.60. The minimum absolute atomic E-state index is 0.0655. The van der Waals surface area contributed by atoms with Crippen molar-refractivity contribution >= 4 is 17.2 Å². The van der Waals surface area contributed by atoms with Crippen LogP contribution in [0.3, 0.4) is 0 Å². The first-order chi connectivity index (χ1) is 15.5. The number of nitrogens with one attached hydrogen (secondary N) is 2. The highest BCUT2D eigenvalue weighted by molar-refractivity contribution is 5.92. The molecular formula is C23H29FN6O2. The molecule has 1 saturated heterocycles. The standard InChI is InChI=1S/C23H29FN6O2/c1-3-15-14-26-21(28-22(15)31)16-5-6-17(13-16)29-9-11-30(12-10-29)19-8-7-18(27-20(19)24)23(32)25-4-2/h7-8,13-14,17H,3-6,9-12H2,1-2H3,(H,25,32)(H,26,28,31). The number of carbonyl (C=O) groups is 1. The van der Waals surface area contributed by atoms with Crippen LogP contribution in [0.4, 0.5) is 10.1 Å². The van der Waals surface area contributed by atoms with Gasteiger partial charge >= 0.3 is 0 Å². The first-order valence-corrected chi connectivity index (χ1v) is 11.2. The van der Waals surface area contributed by atoms with E-state index in [2.05, 4.69) is 31.2 Å². The lowest BCUT2D eigenvalue weighted by molar-refractivity contribution is 0.0949. The maximum Gasteiger partial charge on any atom is 0.269 e. The number of pyridine rings is 1. The van der Waals surface area contributed by atoms with Gasteiger partial charge in [-0.2, -0.15) is 4.39 Å². The van der Waals surface area contributed by atoms with Gasteiger partial charge in [0.05, 0.1) is 5.69 Å². The van der Waals surface area contributed by atoms with Crippen LogP contribution in [0, 0.1) is 5.95 Å². The smallest absolute Gasteiger partial charge is 0.269 e. The second-order valence-electron chi connectivity index (χ2n) is 8.13. The zero-order chi connectivity index (χ0) is 22.7. The molecule has 1 atom stereocenters. The Kier molecular flexibility index (Phi) is 6.64. The Bertz CT molecular complexity index is 1070. The number of hydrogen-bond donors (Lipinski definition) is 2. The van der Waals surface area contributed by atoms with Crippen LogP contribution in [0.15, 0.2) is 29.2 Å². The Morgan fingerprint density at radius 3 is 2.69 bits per heavy atom. The van der Waals surface area contributed by atoms with Gasteiger partial charge in [0.2, 0.25) is 5.95 Å². The summed E-state index contributed by atoms with van der Waals surface area (Å²) < 4.78 is 14.6. The highest BCUT2D eigenvalue weighted by Crippen LogP contribution is 2.29. The largest absolute Gasteiger partial charge is 0.365 e. The van der Waals surface area contributed by atoms with Crippen LogP contribution in [0.2, 0.25) is 0 Å². The van der Waals surface area contributed by atoms with Gasteiger partial charge in [0.25, 0.3) is 11.5 Å². The fourth-order valence-corrected chi connectivity index (χ4v) is 4.36. The van der Waals surface area contributed by atoms with E-state index in [9.17, 15) is 14.0 Å². The van der Waals surface area contributed by atoms with Gasteiger partial charge in [-0.05, 0) is 43.9 Å². The van der Waals surface area contributed by atoms with E-state index in [0.29, 0.717) is 43.1 Å². The molecule has 0 radical (unpaired) electrons. The molecule has 1 unspecified atom stereocenters. The van der Waals surface area contributed by atoms with Crippen LogP contribution >= 0.6 is 0 Å². The second-order valence-corrected chi connectivity index (χ2v) is 8.13. The molecule has 3 heterocycles. The van der Waals surface area contributed by atoms with E-state index in [0.717, 1.165) is 31.5 Å². The molecule has 2 aromatic heterocycles. The Morgan fingerprint density at radius 1 is 1.25 bits per heavy atom. The Hall–Kier alpha value is -3.07. The minimum atomic E-state index is -0.615. The molecule has 0 saturated carbocycles. The number of carbonyl (C=O) groups excluding carboxylic acids is 1. The third kappa shape index (κ3) is 4.57. The molecule has 9 heteroatoms. The number of rotatable bonds is 6. The minimum Gasteiger partial charge on any atom is -0.365 e. The molecule has 1 amide bonds. The van der Waals surface area contributed by atoms with Crippen molar-refractivity contribution in [3.8, 4) is 0 Å². The summed E-state index contributed by atoms with van der Waals surface area (Å²) >= 11 is 0. The van der Waals surface area contributed by atoms with Gasteiger partial charge in [-0.25, -0.2) is 9.97 Å². The van der Waals surface area contributed by atoms with E-state index in [4.69, 9.17) is 0 Å². The number of halogens is 1. The number of allylic oxidation sites excluding steroid dienone is 1. The van der Waals surface area contributed by atoms with Gasteiger partial charge in [-0.15, -0.1) is 0 Å². The van der Waals surface area contributed by atoms with Crippen molar-refractivity contribution in [3.05, 3.63) is 57.8 Å². The molecule has 2 N–H and O–H groups in total. The zero-order valence-electron chi connectivity index (χ0n) is 18.5. The summed E-state index contributed by atoms with van der Waals surface area (Å²) in [6, 6.07) is 3.49. The molecule has 1 fully saturated rings. The zero-order valence-corrected chi connectivity index (χ0v) is 18.5. The highest BCUT2D eigenvalue weighted by atomic mass is 19.1. The quantitative estimate of drug-likeness (QED) is 0.668. The molecule has 32 heavy (non-hydrogen) atoms. The van der Waals surface area contributed by atoms with Crippen LogP contribution in [-0.4, -0.2) is 64.5 Å². The number of anilines is 1. The van der Waals surface area contributed by atoms with E-state index < -0.39 is 5.95 Å². The van der Waals surface area contributed by atoms with Crippen LogP contribution in [0.25, 0.3) is 5.57 Å². The van der Waals surface area contributed by atoms with Crippen molar-refractivity contribution in [2.45, 2.75) is 39.2 Å². The number of aromatic amines is 1. The van der Waals surface area contributed by atoms with Crippen LogP contribution < -0.4 is 15.8 Å². The van der Waals surface area contributed by atoms with Crippen molar-refractivity contribution < 1.29 is 9.18 Å². The summed E-state index contributed by atoms with van der Waals surface area (Å²) in [6.07, 6.45) is 6.38. The molecule has 2 aromatic rings. The van der Waals surface area contributed by atoms with Crippen molar-refractivity contribution in [1.29, 1.82) is 0 Å². The SMILES string of the molecule is CCNC(=O)c1ccc(N2CCN(C3C=C(c4ncc(CC)c(=O)[nH]4)CC3)CC2)c(F)n1. The fourth-order valence-electron chi connectivity index (χ4n) is 4.36. The van der Waals surface area contributed by atoms with Crippen molar-refractivity contribution in [2.75, 3.05) is 37.6 Å². The highest BCUT2D eigenvalue weighted by Gasteiger charge is 2.28. The Labute approximate surface area is 186 Å². The number of hydrogen-bond acceptors (Lipinski definition) is 6. The molecule has 0 spiro atoms. The van der Waals surface area contributed by atoms with E-state index in [-0.39, 0.29) is 23.2 Å². The van der Waals surface area contributed by atoms with E-state index in [1.54, 1.807) is 18.3 Å². The third-order valence-corrected chi connectivity index (χ3v) is 6.18. The predicted molar refractivity (Wildman–Crippen MR) is 121 cm³/mol. The summed E-state index contributed by atoms with van der Waals surface area (Å²) in [5, 5.41) is 2.63. The molecule has 1 aliphatic heterocycles. The monoisotopic (exact) mass is 440 g/mol. The molecule has 0 aromatic carbocycles. The molecule has 2 aliphatic rings. The number of aromatic nitrogens is 3. The third-order valence-electron chi connectivity index (χ3n) is 6.18. The number of nitrogens with zero attached hydrogens (tertiary/aromatic N) is 4. The average molecular weight is 441 g/mol. The van der Waals surface area contributed by atoms with Crippen molar-refractivity contribution in [1.82, 2.24) is 25.2 Å². The fraction of sp³-hybridized carbons (Fsp3) is 0.478. The summed E-state index contributed by atoms with van der Waals surface area (Å²) in [6.45, 7) is 7.17. The summed E-state index contributed by atoms with van der Waals surface area (Å²) in [7, 11) is 0. The average Bonchev–Trinajstić information content (AvgIpc) is 3.29. The van der Waals surface area contributed by atoms with Crippen LogP contribution in [-0.2, 0) is 6.42 Å². The van der Waals surface area contributed by atoms with Crippen LogP contribution in [0.1, 0.15) is 48.6 Å². The number of amides is 1. The first kappa shape index (κ1) is 22.1. The normalized spacial score (nSPS) is 19.2. The summed E-state index contributed by atoms with van der Waals surface area (Å²) in [5.74, 6) is -0.323. The molecule has 170 valence electrons. The maximum atomic E-state index is 14.6. The van der Waals surface area contributed by atoms with Gasteiger partial charge in [-0.1, -0.05) is 13.0 Å². The summed E-state index contributed by atoms with van der Waals surface area (Å²) in [5.41, 5.74) is 2.23. The first-order valence-electron chi connectivity index (χ1n) is 11.2. The lowest BCUT2D eigenvalue weighted by atomic mass is 10.2. The van der Waals surface area contributed by atoms with Crippen molar-refractivity contribution in [2.24, 2.45) is 0 Å². The van der Waals surface area contributed by atoms with Gasteiger partial charge < -0.3 is 15.2 Å². The number of aryl methyl sites for hydroxylation is 1. The van der Waals surface area contributed by atoms with Gasteiger partial charge in [-0.3, -0.25) is 14.5 Å². The van der Waals surface area contributed by atoms with E-state index in [1.165, 1.54) is 0 Å². The molecule has 4 rings (SSSR count). The molecule has 8 nitrogen and oxygen atoms in total. The summed E-state index contributed by atoms with van der Waals surface area (Å²) in [4.78, 5) is 39.5. The Balaban J connectivity index is 1.38. The number of H-pyrrole nitrogens is 1. The van der Waals surface area contributed by atoms with E-state index >= 15 is 0 Å². The molecule has 1 aliphatic carbocycles. The molecule has 0 bridgehead atoms. The topological polar surface area (TPSA) is 94.2 Å². The van der Waals surface area contributed by atoms with Crippen molar-refractivity contribution in [3.63, 3.8) is 0 Å². The van der Waals surface area contributed by atoms with Gasteiger partial charge in [0.15, 0.2) is 0 Å². The lowest BCUT2D eigenvalue weighted by Crippen LogP contribution is -2.49.